The molecule has 112 valence electrons. The highest BCUT2D eigenvalue weighted by atomic mass is 32.1. The normalized spacial score (nSPS) is 18.4. The first kappa shape index (κ1) is 14.2. The Morgan fingerprint density at radius 2 is 2.24 bits per heavy atom. The van der Waals surface area contributed by atoms with Gasteiger partial charge in [0.15, 0.2) is 5.13 Å². The van der Waals surface area contributed by atoms with Crippen LogP contribution in [0.2, 0.25) is 0 Å². The molecule has 0 spiro atoms. The Bertz CT molecular complexity index is 572. The van der Waals surface area contributed by atoms with E-state index < -0.39 is 0 Å². The zero-order valence-corrected chi connectivity index (χ0v) is 12.5. The van der Waals surface area contributed by atoms with Crippen molar-refractivity contribution in [3.63, 3.8) is 0 Å². The molecule has 1 fully saturated rings. The number of anilines is 3. The Morgan fingerprint density at radius 3 is 3.00 bits per heavy atom. The molecule has 7 nitrogen and oxygen atoms in total. The third-order valence-electron chi connectivity index (χ3n) is 2.90. The van der Waals surface area contributed by atoms with Crippen LogP contribution in [0.25, 0.3) is 0 Å². The van der Waals surface area contributed by atoms with Crippen LogP contribution in [0.1, 0.15) is 5.82 Å². The van der Waals surface area contributed by atoms with Crippen LogP contribution in [-0.4, -0.2) is 47.4 Å². The van der Waals surface area contributed by atoms with Gasteiger partial charge in [-0.1, -0.05) is 0 Å². The lowest BCUT2D eigenvalue weighted by Gasteiger charge is -2.23. The van der Waals surface area contributed by atoms with Gasteiger partial charge in [-0.25, -0.2) is 15.0 Å². The van der Waals surface area contributed by atoms with E-state index in [1.807, 2.05) is 18.4 Å². The molecule has 3 rings (SSSR count). The van der Waals surface area contributed by atoms with E-state index in [-0.39, 0.29) is 6.10 Å². The standard InChI is InChI=1S/C13H17N5O2S/c1-9-16-11(15-7-10-8-19-3-4-20-10)6-12(17-9)18-13-14-2-5-21-13/h2,5-6,10H,3-4,7-8H2,1H3,(H2,14,15,16,17,18). The van der Waals surface area contributed by atoms with Gasteiger partial charge < -0.3 is 20.1 Å². The summed E-state index contributed by atoms with van der Waals surface area (Å²) in [5.74, 6) is 2.18. The van der Waals surface area contributed by atoms with Crippen molar-refractivity contribution >= 4 is 28.1 Å². The molecule has 2 aromatic rings. The maximum atomic E-state index is 5.59. The molecular weight excluding hydrogens is 290 g/mol. The predicted octanol–water partition coefficient (Wildman–Crippen LogP) is 1.81. The summed E-state index contributed by atoms with van der Waals surface area (Å²) in [7, 11) is 0. The van der Waals surface area contributed by atoms with Gasteiger partial charge in [0.2, 0.25) is 0 Å². The van der Waals surface area contributed by atoms with Gasteiger partial charge >= 0.3 is 0 Å². The third-order valence-corrected chi connectivity index (χ3v) is 3.59. The first-order valence-corrected chi connectivity index (χ1v) is 7.63. The average Bonchev–Trinajstić information content (AvgIpc) is 2.99. The zero-order chi connectivity index (χ0) is 14.5. The molecule has 21 heavy (non-hydrogen) atoms. The summed E-state index contributed by atoms with van der Waals surface area (Å²) < 4.78 is 11.0. The summed E-state index contributed by atoms with van der Waals surface area (Å²) >= 11 is 1.53. The van der Waals surface area contributed by atoms with Gasteiger partial charge in [-0.2, -0.15) is 0 Å². The maximum absolute atomic E-state index is 5.59. The second-order valence-electron chi connectivity index (χ2n) is 4.60. The molecular formula is C13H17N5O2S. The summed E-state index contributed by atoms with van der Waals surface area (Å²) in [6.45, 7) is 4.45. The van der Waals surface area contributed by atoms with E-state index >= 15 is 0 Å². The summed E-state index contributed by atoms with van der Waals surface area (Å²) in [6.07, 6.45) is 1.81. The van der Waals surface area contributed by atoms with E-state index in [4.69, 9.17) is 9.47 Å². The van der Waals surface area contributed by atoms with E-state index in [0.717, 1.165) is 16.8 Å². The number of hydrogen-bond donors (Lipinski definition) is 2. The molecule has 0 saturated carbocycles. The molecule has 2 N–H and O–H groups in total. The first-order valence-electron chi connectivity index (χ1n) is 6.75. The lowest BCUT2D eigenvalue weighted by Crippen LogP contribution is -2.34. The highest BCUT2D eigenvalue weighted by Crippen LogP contribution is 2.19. The Balaban J connectivity index is 1.63. The number of aryl methyl sites for hydroxylation is 1. The van der Waals surface area contributed by atoms with E-state index in [1.165, 1.54) is 11.3 Å². The van der Waals surface area contributed by atoms with Crippen molar-refractivity contribution in [3.8, 4) is 0 Å². The van der Waals surface area contributed by atoms with Crippen LogP contribution in [0.4, 0.5) is 16.8 Å². The smallest absolute Gasteiger partial charge is 0.188 e. The summed E-state index contributed by atoms with van der Waals surface area (Å²) in [4.78, 5) is 12.9. The van der Waals surface area contributed by atoms with Gasteiger partial charge in [0.1, 0.15) is 17.5 Å². The molecule has 0 bridgehead atoms. The molecule has 1 aliphatic heterocycles. The van der Waals surface area contributed by atoms with Crippen LogP contribution in [0.5, 0.6) is 0 Å². The highest BCUT2D eigenvalue weighted by molar-refractivity contribution is 7.13. The van der Waals surface area contributed by atoms with Gasteiger partial charge in [0.05, 0.1) is 25.9 Å². The average molecular weight is 307 g/mol. The third kappa shape index (κ3) is 4.10. The van der Waals surface area contributed by atoms with Gasteiger partial charge in [0, 0.05) is 24.2 Å². The lowest BCUT2D eigenvalue weighted by molar-refractivity contribution is -0.0819. The van der Waals surface area contributed by atoms with Crippen LogP contribution < -0.4 is 10.6 Å². The monoisotopic (exact) mass is 307 g/mol. The molecule has 8 heteroatoms. The fourth-order valence-electron chi connectivity index (χ4n) is 1.99. The predicted molar refractivity (Wildman–Crippen MR) is 81.2 cm³/mol. The fourth-order valence-corrected chi connectivity index (χ4v) is 2.53. The van der Waals surface area contributed by atoms with Gasteiger partial charge in [-0.05, 0) is 6.92 Å². The van der Waals surface area contributed by atoms with Crippen LogP contribution in [0.15, 0.2) is 17.6 Å². The molecule has 2 aromatic heterocycles. The molecule has 0 aliphatic carbocycles. The number of nitrogens with one attached hydrogen (secondary N) is 2. The second kappa shape index (κ2) is 6.79. The number of rotatable bonds is 5. The minimum absolute atomic E-state index is 0.0596. The molecule has 1 atom stereocenters. The zero-order valence-electron chi connectivity index (χ0n) is 11.7. The molecule has 1 aliphatic rings. The molecule has 0 radical (unpaired) electrons. The van der Waals surface area contributed by atoms with E-state index in [9.17, 15) is 0 Å². The SMILES string of the molecule is Cc1nc(NCC2COCCO2)cc(Nc2nccs2)n1. The second-order valence-corrected chi connectivity index (χ2v) is 5.49. The number of aromatic nitrogens is 3. The van der Waals surface area contributed by atoms with Crippen molar-refractivity contribution in [2.75, 3.05) is 37.0 Å². The summed E-state index contributed by atoms with van der Waals surface area (Å²) in [5, 5.41) is 9.15. The quantitative estimate of drug-likeness (QED) is 0.872. The largest absolute Gasteiger partial charge is 0.376 e. The van der Waals surface area contributed by atoms with Gasteiger partial charge in [-0.3, -0.25) is 0 Å². The number of ether oxygens (including phenoxy) is 2. The van der Waals surface area contributed by atoms with Crippen molar-refractivity contribution in [3.05, 3.63) is 23.5 Å². The van der Waals surface area contributed by atoms with Crippen LogP contribution in [0, 0.1) is 6.92 Å². The Kier molecular flexibility index (Phi) is 4.59. The summed E-state index contributed by atoms with van der Waals surface area (Å²) in [6, 6.07) is 1.86. The summed E-state index contributed by atoms with van der Waals surface area (Å²) in [5.41, 5.74) is 0. The highest BCUT2D eigenvalue weighted by Gasteiger charge is 2.14. The van der Waals surface area contributed by atoms with Crippen LogP contribution in [0.3, 0.4) is 0 Å². The molecule has 0 amide bonds. The van der Waals surface area contributed by atoms with Crippen molar-refractivity contribution in [1.82, 2.24) is 15.0 Å². The maximum Gasteiger partial charge on any atom is 0.188 e. The number of hydrogen-bond acceptors (Lipinski definition) is 8. The van der Waals surface area contributed by atoms with Crippen LogP contribution >= 0.6 is 11.3 Å². The molecule has 3 heterocycles. The number of thiazole rings is 1. The Hall–Kier alpha value is -1.77. The van der Waals surface area contributed by atoms with Crippen molar-refractivity contribution < 1.29 is 9.47 Å². The number of nitrogens with zero attached hydrogens (tertiary/aromatic N) is 3. The minimum atomic E-state index is 0.0596. The molecule has 0 aromatic carbocycles. The minimum Gasteiger partial charge on any atom is -0.376 e. The molecule has 1 unspecified atom stereocenters. The van der Waals surface area contributed by atoms with E-state index in [0.29, 0.717) is 32.2 Å². The van der Waals surface area contributed by atoms with Crippen molar-refractivity contribution in [2.45, 2.75) is 13.0 Å². The topological polar surface area (TPSA) is 81.2 Å². The van der Waals surface area contributed by atoms with Crippen molar-refractivity contribution in [1.29, 1.82) is 0 Å². The van der Waals surface area contributed by atoms with E-state index in [2.05, 4.69) is 25.6 Å². The van der Waals surface area contributed by atoms with Crippen molar-refractivity contribution in [2.24, 2.45) is 0 Å². The van der Waals surface area contributed by atoms with Crippen LogP contribution in [-0.2, 0) is 9.47 Å². The fraction of sp³-hybridized carbons (Fsp3) is 0.462. The van der Waals surface area contributed by atoms with Gasteiger partial charge in [-0.15, -0.1) is 11.3 Å². The van der Waals surface area contributed by atoms with E-state index in [1.54, 1.807) is 6.20 Å². The lowest BCUT2D eigenvalue weighted by atomic mass is 10.3. The van der Waals surface area contributed by atoms with Gasteiger partial charge in [0.25, 0.3) is 0 Å². The Morgan fingerprint density at radius 1 is 1.33 bits per heavy atom. The molecule has 1 saturated heterocycles. The first-order chi connectivity index (χ1) is 10.3. The Labute approximate surface area is 126 Å².